The Morgan fingerprint density at radius 1 is 0.903 bits per heavy atom. The molecule has 31 heavy (non-hydrogen) atoms. The quantitative estimate of drug-likeness (QED) is 0.508. The molecule has 0 unspecified atom stereocenters. The number of hydrogen-bond acceptors (Lipinski definition) is 3. The lowest BCUT2D eigenvalue weighted by atomic mass is 10.1. The third kappa shape index (κ3) is 4.33. The summed E-state index contributed by atoms with van der Waals surface area (Å²) in [5.41, 5.74) is 4.52. The van der Waals surface area contributed by atoms with Crippen molar-refractivity contribution in [1.29, 1.82) is 0 Å². The average molecular weight is 413 g/mol. The Morgan fingerprint density at radius 3 is 2.16 bits per heavy atom. The number of carboxylic acid groups (broad SMARTS) is 1. The van der Waals surface area contributed by atoms with Crippen LogP contribution >= 0.6 is 0 Å². The molecule has 0 aliphatic carbocycles. The zero-order valence-corrected chi connectivity index (χ0v) is 17.4. The van der Waals surface area contributed by atoms with E-state index in [-0.39, 0.29) is 11.5 Å². The van der Waals surface area contributed by atoms with Crippen molar-refractivity contribution in [3.05, 3.63) is 101 Å². The van der Waals surface area contributed by atoms with Gasteiger partial charge in [0, 0.05) is 36.8 Å². The van der Waals surface area contributed by atoms with E-state index in [2.05, 4.69) is 5.10 Å². The third-order valence-corrected chi connectivity index (χ3v) is 5.46. The maximum atomic E-state index is 13.5. The first-order chi connectivity index (χ1) is 14.9. The van der Waals surface area contributed by atoms with Gasteiger partial charge in [0.15, 0.2) is 0 Å². The van der Waals surface area contributed by atoms with Gasteiger partial charge in [0.1, 0.15) is 0 Å². The lowest BCUT2D eigenvalue weighted by Gasteiger charge is -2.23. The molecule has 0 spiro atoms. The van der Waals surface area contributed by atoms with Crippen LogP contribution in [-0.4, -0.2) is 31.7 Å². The smallest absolute Gasteiger partial charge is 0.335 e. The van der Waals surface area contributed by atoms with Crippen LogP contribution in [0.1, 0.15) is 37.5 Å². The molecule has 1 amide bonds. The van der Waals surface area contributed by atoms with Crippen molar-refractivity contribution in [3.63, 3.8) is 0 Å². The van der Waals surface area contributed by atoms with Gasteiger partial charge in [-0.1, -0.05) is 48.5 Å². The summed E-state index contributed by atoms with van der Waals surface area (Å²) in [5.74, 6) is -1.07. The largest absolute Gasteiger partial charge is 0.478 e. The van der Waals surface area contributed by atoms with Crippen molar-refractivity contribution in [1.82, 2.24) is 14.7 Å². The van der Waals surface area contributed by atoms with Crippen LogP contribution in [0.25, 0.3) is 10.9 Å². The predicted octanol–water partition coefficient (Wildman–Crippen LogP) is 4.42. The molecule has 0 saturated heterocycles. The number of aromatic carboxylic acids is 1. The minimum Gasteiger partial charge on any atom is -0.478 e. The summed E-state index contributed by atoms with van der Waals surface area (Å²) in [6.45, 7) is 2.81. The number of fused-ring (bicyclic) bond motifs is 1. The average Bonchev–Trinajstić information content (AvgIpc) is 3.06. The van der Waals surface area contributed by atoms with Crippen LogP contribution in [0.15, 0.2) is 72.8 Å². The SMILES string of the molecule is Cc1c2ccc(C(=O)N(Cc3ccccc3)Cc3ccc(C(=O)O)cc3)cc2nn1C. The first-order valence-electron chi connectivity index (χ1n) is 10.0. The third-order valence-electron chi connectivity index (χ3n) is 5.46. The van der Waals surface area contributed by atoms with E-state index in [0.717, 1.165) is 27.7 Å². The lowest BCUT2D eigenvalue weighted by molar-refractivity contribution is 0.0693. The molecular weight excluding hydrogens is 390 g/mol. The van der Waals surface area contributed by atoms with Crippen LogP contribution in [0.4, 0.5) is 0 Å². The van der Waals surface area contributed by atoms with E-state index in [4.69, 9.17) is 5.11 Å². The van der Waals surface area contributed by atoms with Gasteiger partial charge in [-0.25, -0.2) is 4.79 Å². The first kappa shape index (κ1) is 20.3. The minimum absolute atomic E-state index is 0.101. The topological polar surface area (TPSA) is 75.4 Å². The molecule has 0 radical (unpaired) electrons. The number of rotatable bonds is 6. The van der Waals surface area contributed by atoms with Crippen LogP contribution in [0, 0.1) is 6.92 Å². The maximum absolute atomic E-state index is 13.5. The minimum atomic E-state index is -0.970. The van der Waals surface area contributed by atoms with Gasteiger partial charge in [-0.15, -0.1) is 0 Å². The van der Waals surface area contributed by atoms with E-state index >= 15 is 0 Å². The van der Waals surface area contributed by atoms with E-state index in [1.807, 2.05) is 67.2 Å². The van der Waals surface area contributed by atoms with Crippen LogP contribution in [0.3, 0.4) is 0 Å². The fraction of sp³-hybridized carbons (Fsp3) is 0.160. The summed E-state index contributed by atoms with van der Waals surface area (Å²) in [7, 11) is 1.89. The van der Waals surface area contributed by atoms with Gasteiger partial charge in [0.2, 0.25) is 0 Å². The van der Waals surface area contributed by atoms with E-state index in [0.29, 0.717) is 18.7 Å². The predicted molar refractivity (Wildman–Crippen MR) is 119 cm³/mol. The second kappa shape index (κ2) is 8.44. The van der Waals surface area contributed by atoms with Crippen LogP contribution < -0.4 is 0 Å². The Kier molecular flexibility index (Phi) is 5.54. The molecule has 6 nitrogen and oxygen atoms in total. The fourth-order valence-corrected chi connectivity index (χ4v) is 3.62. The number of nitrogens with zero attached hydrogens (tertiary/aromatic N) is 3. The number of carbonyl (C=O) groups excluding carboxylic acids is 1. The zero-order chi connectivity index (χ0) is 22.0. The number of aryl methyl sites for hydroxylation is 2. The van der Waals surface area contributed by atoms with Crippen molar-refractivity contribution in [2.45, 2.75) is 20.0 Å². The van der Waals surface area contributed by atoms with Gasteiger partial charge in [0.25, 0.3) is 5.91 Å². The zero-order valence-electron chi connectivity index (χ0n) is 17.4. The van der Waals surface area contributed by atoms with Gasteiger partial charge in [-0.3, -0.25) is 9.48 Å². The number of benzene rings is 3. The van der Waals surface area contributed by atoms with Crippen molar-refractivity contribution in [2.24, 2.45) is 7.05 Å². The van der Waals surface area contributed by atoms with E-state index in [9.17, 15) is 9.59 Å². The van der Waals surface area contributed by atoms with Crippen molar-refractivity contribution < 1.29 is 14.7 Å². The van der Waals surface area contributed by atoms with Crippen LogP contribution in [0.2, 0.25) is 0 Å². The Bertz CT molecular complexity index is 1240. The molecule has 1 aromatic heterocycles. The highest BCUT2D eigenvalue weighted by molar-refractivity contribution is 5.98. The van der Waals surface area contributed by atoms with Gasteiger partial charge in [0.05, 0.1) is 11.1 Å². The summed E-state index contributed by atoms with van der Waals surface area (Å²) >= 11 is 0. The Labute approximate surface area is 180 Å². The molecule has 0 bridgehead atoms. The highest BCUT2D eigenvalue weighted by atomic mass is 16.4. The van der Waals surface area contributed by atoms with E-state index < -0.39 is 5.97 Å². The van der Waals surface area contributed by atoms with Crippen molar-refractivity contribution in [3.8, 4) is 0 Å². The summed E-state index contributed by atoms with van der Waals surface area (Å²) in [6, 6.07) is 22.0. The standard InChI is InChI=1S/C25H23N3O3/c1-17-22-13-12-21(14-23(22)26-27(17)2)24(29)28(15-18-6-4-3-5-7-18)16-19-8-10-20(11-9-19)25(30)31/h3-14H,15-16H2,1-2H3,(H,30,31). The summed E-state index contributed by atoms with van der Waals surface area (Å²) < 4.78 is 1.81. The number of aromatic nitrogens is 2. The molecule has 6 heteroatoms. The molecule has 4 aromatic rings. The summed E-state index contributed by atoms with van der Waals surface area (Å²) in [5, 5.41) is 14.7. The monoisotopic (exact) mass is 413 g/mol. The Morgan fingerprint density at radius 2 is 1.52 bits per heavy atom. The fourth-order valence-electron chi connectivity index (χ4n) is 3.62. The van der Waals surface area contributed by atoms with Crippen LogP contribution in [0.5, 0.6) is 0 Å². The molecule has 0 aliphatic rings. The molecule has 4 rings (SSSR count). The van der Waals surface area contributed by atoms with Gasteiger partial charge >= 0.3 is 5.97 Å². The molecule has 1 heterocycles. The second-order valence-electron chi connectivity index (χ2n) is 7.59. The number of hydrogen-bond donors (Lipinski definition) is 1. The highest BCUT2D eigenvalue weighted by Crippen LogP contribution is 2.21. The summed E-state index contributed by atoms with van der Waals surface area (Å²) in [6.07, 6.45) is 0. The molecule has 0 atom stereocenters. The molecule has 0 saturated carbocycles. The number of carbonyl (C=O) groups is 2. The second-order valence-corrected chi connectivity index (χ2v) is 7.59. The lowest BCUT2D eigenvalue weighted by Crippen LogP contribution is -2.30. The van der Waals surface area contributed by atoms with Gasteiger partial charge in [-0.05, 0) is 42.3 Å². The normalized spacial score (nSPS) is 10.9. The number of carboxylic acids is 1. The Hall–Kier alpha value is -3.93. The highest BCUT2D eigenvalue weighted by Gasteiger charge is 2.18. The van der Waals surface area contributed by atoms with Crippen LogP contribution in [-0.2, 0) is 20.1 Å². The molecular formula is C25H23N3O3. The molecule has 1 N–H and O–H groups in total. The van der Waals surface area contributed by atoms with Gasteiger partial charge in [-0.2, -0.15) is 5.10 Å². The molecule has 156 valence electrons. The van der Waals surface area contributed by atoms with Crippen molar-refractivity contribution in [2.75, 3.05) is 0 Å². The van der Waals surface area contributed by atoms with Crippen molar-refractivity contribution >= 4 is 22.8 Å². The maximum Gasteiger partial charge on any atom is 0.335 e. The Balaban J connectivity index is 1.65. The molecule has 3 aromatic carbocycles. The molecule has 0 fully saturated rings. The van der Waals surface area contributed by atoms with Gasteiger partial charge < -0.3 is 10.0 Å². The first-order valence-corrected chi connectivity index (χ1v) is 10.0. The molecule has 0 aliphatic heterocycles. The summed E-state index contributed by atoms with van der Waals surface area (Å²) in [4.78, 5) is 26.4. The van der Waals surface area contributed by atoms with E-state index in [1.165, 1.54) is 0 Å². The van der Waals surface area contributed by atoms with E-state index in [1.54, 1.807) is 29.2 Å². The number of amides is 1.